The van der Waals surface area contributed by atoms with Crippen molar-refractivity contribution in [2.75, 3.05) is 37.8 Å². The summed E-state index contributed by atoms with van der Waals surface area (Å²) in [4.78, 5) is 13.0. The Labute approximate surface area is 95.0 Å². The molecule has 4 nitrogen and oxygen atoms in total. The maximum atomic E-state index is 11.0. The zero-order chi connectivity index (χ0) is 11.1. The number of hydrogen-bond acceptors (Lipinski definition) is 4. The third-order valence-electron chi connectivity index (χ3n) is 2.40. The van der Waals surface area contributed by atoms with Crippen LogP contribution in [0.2, 0.25) is 0 Å². The third-order valence-corrected chi connectivity index (χ3v) is 3.42. The lowest BCUT2D eigenvalue weighted by molar-refractivity contribution is -0.142. The number of hydrogen-bond donors (Lipinski definition) is 1. The Hall–Kier alpha value is -0.260. The molecule has 0 bridgehead atoms. The van der Waals surface area contributed by atoms with Crippen LogP contribution in [0.1, 0.15) is 13.3 Å². The van der Waals surface area contributed by atoms with Crippen LogP contribution in [0.4, 0.5) is 0 Å². The first-order chi connectivity index (χ1) is 7.25. The molecule has 0 saturated carbocycles. The molecule has 88 valence electrons. The van der Waals surface area contributed by atoms with Crippen molar-refractivity contribution < 1.29 is 14.6 Å². The molecule has 1 fully saturated rings. The number of rotatable bonds is 6. The van der Waals surface area contributed by atoms with Crippen LogP contribution in [0.5, 0.6) is 0 Å². The van der Waals surface area contributed by atoms with Gasteiger partial charge in [0.2, 0.25) is 0 Å². The minimum Gasteiger partial charge on any atom is -0.480 e. The first-order valence-corrected chi connectivity index (χ1v) is 6.53. The Morgan fingerprint density at radius 1 is 1.60 bits per heavy atom. The molecule has 1 atom stereocenters. The van der Waals surface area contributed by atoms with Crippen molar-refractivity contribution in [2.24, 2.45) is 0 Å². The number of carboxylic acids is 1. The van der Waals surface area contributed by atoms with Gasteiger partial charge in [-0.2, -0.15) is 11.8 Å². The molecule has 0 amide bonds. The molecule has 1 heterocycles. The van der Waals surface area contributed by atoms with Crippen molar-refractivity contribution >= 4 is 17.7 Å². The van der Waals surface area contributed by atoms with Crippen LogP contribution < -0.4 is 0 Å². The average Bonchev–Trinajstić information content (AvgIpc) is 2.25. The van der Waals surface area contributed by atoms with E-state index in [1.54, 1.807) is 11.8 Å². The Bertz CT molecular complexity index is 201. The van der Waals surface area contributed by atoms with Gasteiger partial charge in [0.05, 0.1) is 6.61 Å². The number of nitrogens with zero attached hydrogens (tertiary/aromatic N) is 1. The maximum Gasteiger partial charge on any atom is 0.321 e. The van der Waals surface area contributed by atoms with Crippen molar-refractivity contribution in [1.82, 2.24) is 4.90 Å². The van der Waals surface area contributed by atoms with Crippen LogP contribution in [-0.2, 0) is 9.53 Å². The second kappa shape index (κ2) is 7.09. The second-order valence-corrected chi connectivity index (χ2v) is 4.73. The molecule has 0 radical (unpaired) electrons. The van der Waals surface area contributed by atoms with E-state index in [9.17, 15) is 4.79 Å². The number of carboxylic acid groups (broad SMARTS) is 1. The lowest BCUT2D eigenvalue weighted by atomic mass is 10.3. The first-order valence-electron chi connectivity index (χ1n) is 5.38. The topological polar surface area (TPSA) is 49.8 Å². The molecule has 15 heavy (non-hydrogen) atoms. The largest absolute Gasteiger partial charge is 0.480 e. The van der Waals surface area contributed by atoms with E-state index in [4.69, 9.17) is 9.84 Å². The zero-order valence-corrected chi connectivity index (χ0v) is 9.96. The summed E-state index contributed by atoms with van der Waals surface area (Å²) < 4.78 is 5.37. The highest BCUT2D eigenvalue weighted by Crippen LogP contribution is 2.16. The zero-order valence-electron chi connectivity index (χ0n) is 9.15. The fourth-order valence-electron chi connectivity index (χ4n) is 1.56. The van der Waals surface area contributed by atoms with Crippen molar-refractivity contribution in [2.45, 2.75) is 19.4 Å². The van der Waals surface area contributed by atoms with Gasteiger partial charge in [-0.15, -0.1) is 0 Å². The molecule has 1 aliphatic rings. The number of thioether (sulfide) groups is 1. The molecule has 1 unspecified atom stereocenters. The summed E-state index contributed by atoms with van der Waals surface area (Å²) in [6, 6.07) is -0.325. The predicted molar refractivity (Wildman–Crippen MR) is 61.4 cm³/mol. The van der Waals surface area contributed by atoms with E-state index in [2.05, 4.69) is 6.92 Å². The van der Waals surface area contributed by atoms with E-state index < -0.39 is 5.97 Å². The molecule has 1 aliphatic heterocycles. The van der Waals surface area contributed by atoms with Crippen LogP contribution in [0, 0.1) is 0 Å². The quantitative estimate of drug-likeness (QED) is 0.691. The molecule has 5 heteroatoms. The lowest BCUT2D eigenvalue weighted by Gasteiger charge is -2.32. The molecule has 0 aliphatic carbocycles. The van der Waals surface area contributed by atoms with E-state index in [1.807, 2.05) is 4.90 Å². The molecule has 0 aromatic heterocycles. The van der Waals surface area contributed by atoms with Crippen molar-refractivity contribution in [1.29, 1.82) is 0 Å². The number of ether oxygens (including phenoxy) is 1. The van der Waals surface area contributed by atoms with E-state index in [0.29, 0.717) is 12.4 Å². The van der Waals surface area contributed by atoms with Gasteiger partial charge >= 0.3 is 5.97 Å². The normalized spacial score (nSPS) is 22.9. The van der Waals surface area contributed by atoms with E-state index in [1.165, 1.54) is 0 Å². The summed E-state index contributed by atoms with van der Waals surface area (Å²) in [5.41, 5.74) is 0. The summed E-state index contributed by atoms with van der Waals surface area (Å²) in [6.45, 7) is 5.06. The molecular formula is C10H19NO3S. The van der Waals surface area contributed by atoms with E-state index in [0.717, 1.165) is 31.9 Å². The molecule has 0 aromatic carbocycles. The molecule has 1 N–H and O–H groups in total. The van der Waals surface area contributed by atoms with Gasteiger partial charge in [0.1, 0.15) is 6.04 Å². The predicted octanol–water partition coefficient (Wildman–Crippen LogP) is 0.915. The molecule has 0 aromatic rings. The first kappa shape index (κ1) is 12.8. The SMILES string of the molecule is CCCOCCN1CCSCC1C(=O)O. The van der Waals surface area contributed by atoms with Gasteiger partial charge in [0.15, 0.2) is 0 Å². The van der Waals surface area contributed by atoms with Crippen molar-refractivity contribution in [3.05, 3.63) is 0 Å². The fraction of sp³-hybridized carbons (Fsp3) is 0.900. The Kier molecular flexibility index (Phi) is 6.05. The minimum absolute atomic E-state index is 0.325. The van der Waals surface area contributed by atoms with Crippen LogP contribution in [-0.4, -0.2) is 59.8 Å². The molecule has 1 saturated heterocycles. The summed E-state index contributed by atoms with van der Waals surface area (Å²) in [5, 5.41) is 9.02. The highest BCUT2D eigenvalue weighted by molar-refractivity contribution is 7.99. The Morgan fingerprint density at radius 3 is 3.07 bits per heavy atom. The van der Waals surface area contributed by atoms with Gasteiger partial charge in [0.25, 0.3) is 0 Å². The monoisotopic (exact) mass is 233 g/mol. The second-order valence-electron chi connectivity index (χ2n) is 3.58. The van der Waals surface area contributed by atoms with Gasteiger partial charge in [0, 0.05) is 31.2 Å². The molecular weight excluding hydrogens is 214 g/mol. The van der Waals surface area contributed by atoms with Crippen LogP contribution in [0.3, 0.4) is 0 Å². The standard InChI is InChI=1S/C10H19NO3S/c1-2-5-14-6-3-11-4-7-15-8-9(11)10(12)13/h9H,2-8H2,1H3,(H,12,13). The third kappa shape index (κ3) is 4.40. The van der Waals surface area contributed by atoms with Crippen LogP contribution >= 0.6 is 11.8 Å². The van der Waals surface area contributed by atoms with Crippen molar-refractivity contribution in [3.63, 3.8) is 0 Å². The van der Waals surface area contributed by atoms with Crippen LogP contribution in [0.15, 0.2) is 0 Å². The van der Waals surface area contributed by atoms with Crippen molar-refractivity contribution in [3.8, 4) is 0 Å². The van der Waals surface area contributed by atoms with Crippen LogP contribution in [0.25, 0.3) is 0 Å². The number of aliphatic carboxylic acids is 1. The smallest absolute Gasteiger partial charge is 0.321 e. The lowest BCUT2D eigenvalue weighted by Crippen LogP contribution is -2.48. The summed E-state index contributed by atoms with van der Waals surface area (Å²) >= 11 is 1.72. The summed E-state index contributed by atoms with van der Waals surface area (Å²) in [7, 11) is 0. The van der Waals surface area contributed by atoms with E-state index >= 15 is 0 Å². The summed E-state index contributed by atoms with van der Waals surface area (Å²) in [6.07, 6.45) is 1.01. The summed E-state index contributed by atoms with van der Waals surface area (Å²) in [5.74, 6) is 1.01. The van der Waals surface area contributed by atoms with E-state index in [-0.39, 0.29) is 6.04 Å². The van der Waals surface area contributed by atoms with Gasteiger partial charge in [-0.1, -0.05) is 6.92 Å². The number of carbonyl (C=O) groups is 1. The van der Waals surface area contributed by atoms with Gasteiger partial charge in [-0.05, 0) is 6.42 Å². The minimum atomic E-state index is -0.710. The highest BCUT2D eigenvalue weighted by Gasteiger charge is 2.28. The average molecular weight is 233 g/mol. The maximum absolute atomic E-state index is 11.0. The van der Waals surface area contributed by atoms with Gasteiger partial charge in [-0.3, -0.25) is 9.69 Å². The molecule has 0 spiro atoms. The van der Waals surface area contributed by atoms with Gasteiger partial charge < -0.3 is 9.84 Å². The Morgan fingerprint density at radius 2 is 2.40 bits per heavy atom. The Balaban J connectivity index is 2.26. The highest BCUT2D eigenvalue weighted by atomic mass is 32.2. The van der Waals surface area contributed by atoms with Gasteiger partial charge in [-0.25, -0.2) is 0 Å². The molecule has 1 rings (SSSR count). The fourth-order valence-corrected chi connectivity index (χ4v) is 2.67.